The molecular formula is C25H30N2O3. The number of carbonyl (C=O) groups is 1. The Morgan fingerprint density at radius 2 is 2.07 bits per heavy atom. The lowest BCUT2D eigenvalue weighted by Crippen LogP contribution is -2.26. The first-order valence-corrected chi connectivity index (χ1v) is 10.6. The fourth-order valence-corrected chi connectivity index (χ4v) is 3.69. The van der Waals surface area contributed by atoms with Crippen LogP contribution >= 0.6 is 0 Å². The van der Waals surface area contributed by atoms with Gasteiger partial charge in [-0.15, -0.1) is 0 Å². The number of hydrogen-bond donors (Lipinski definition) is 0. The van der Waals surface area contributed by atoms with E-state index in [2.05, 4.69) is 48.0 Å². The molecule has 0 bridgehead atoms. The second-order valence-electron chi connectivity index (χ2n) is 8.36. The minimum absolute atomic E-state index is 0.0656. The van der Waals surface area contributed by atoms with Crippen LogP contribution in [-0.2, 0) is 14.9 Å². The summed E-state index contributed by atoms with van der Waals surface area (Å²) in [6.07, 6.45) is 4.14. The average Bonchev–Trinajstić information content (AvgIpc) is 2.71. The van der Waals surface area contributed by atoms with Gasteiger partial charge in [0.15, 0.2) is 0 Å². The molecule has 30 heavy (non-hydrogen) atoms. The fraction of sp³-hybridized carbons (Fsp3) is 0.480. The van der Waals surface area contributed by atoms with Gasteiger partial charge in [-0.25, -0.2) is 0 Å². The predicted molar refractivity (Wildman–Crippen MR) is 117 cm³/mol. The number of nitrogens with zero attached hydrogens (tertiary/aromatic N) is 2. The van der Waals surface area contributed by atoms with Crippen LogP contribution < -0.4 is 4.74 Å². The quantitative estimate of drug-likeness (QED) is 0.532. The lowest BCUT2D eigenvalue weighted by molar-refractivity contribution is -0.145. The van der Waals surface area contributed by atoms with E-state index in [0.717, 1.165) is 41.9 Å². The average molecular weight is 407 g/mol. The number of aryl methyl sites for hydroxylation is 1. The maximum absolute atomic E-state index is 12.3. The molecule has 0 spiro atoms. The normalized spacial score (nSPS) is 15.2. The van der Waals surface area contributed by atoms with Gasteiger partial charge in [-0.3, -0.25) is 4.79 Å². The maximum atomic E-state index is 12.3. The van der Waals surface area contributed by atoms with Crippen LogP contribution in [0.15, 0.2) is 24.4 Å². The van der Waals surface area contributed by atoms with Crippen molar-refractivity contribution in [1.82, 2.24) is 10.2 Å². The number of ether oxygens (including phenoxy) is 2. The molecule has 1 aromatic carbocycles. The Balaban J connectivity index is 1.92. The van der Waals surface area contributed by atoms with Crippen LogP contribution in [0, 0.1) is 18.8 Å². The number of hydrogen-bond acceptors (Lipinski definition) is 5. The molecular weight excluding hydrogens is 376 g/mol. The van der Waals surface area contributed by atoms with Crippen molar-refractivity contribution in [1.29, 1.82) is 0 Å². The summed E-state index contributed by atoms with van der Waals surface area (Å²) in [4.78, 5) is 12.3. The fourth-order valence-electron chi connectivity index (χ4n) is 3.69. The Labute approximate surface area is 179 Å². The highest BCUT2D eigenvalue weighted by molar-refractivity contribution is 5.77. The third-order valence-corrected chi connectivity index (χ3v) is 5.56. The van der Waals surface area contributed by atoms with Crippen LogP contribution in [0.25, 0.3) is 0 Å². The highest BCUT2D eigenvalue weighted by Gasteiger charge is 2.29. The van der Waals surface area contributed by atoms with E-state index in [1.807, 2.05) is 26.8 Å². The lowest BCUT2D eigenvalue weighted by atomic mass is 9.78. The van der Waals surface area contributed by atoms with Gasteiger partial charge in [0, 0.05) is 16.7 Å². The summed E-state index contributed by atoms with van der Waals surface area (Å²) in [5.41, 5.74) is 4.66. The number of carbonyl (C=O) groups excluding carboxylic acids is 1. The van der Waals surface area contributed by atoms with Crippen molar-refractivity contribution < 1.29 is 14.3 Å². The Hall–Kier alpha value is -2.87. The molecule has 158 valence electrons. The van der Waals surface area contributed by atoms with Crippen molar-refractivity contribution in [3.05, 3.63) is 52.3 Å². The summed E-state index contributed by atoms with van der Waals surface area (Å²) in [5, 5.41) is 8.25. The number of aromatic nitrogens is 2. The second kappa shape index (κ2) is 9.30. The second-order valence-corrected chi connectivity index (χ2v) is 8.36. The number of fused-ring (bicyclic) bond motifs is 1. The van der Waals surface area contributed by atoms with Crippen LogP contribution in [0.2, 0.25) is 0 Å². The maximum Gasteiger partial charge on any atom is 0.315 e. The Bertz CT molecular complexity index is 986. The zero-order chi connectivity index (χ0) is 21.7. The zero-order valence-corrected chi connectivity index (χ0v) is 18.5. The van der Waals surface area contributed by atoms with Crippen molar-refractivity contribution in [2.45, 2.75) is 65.2 Å². The smallest absolute Gasteiger partial charge is 0.315 e. The van der Waals surface area contributed by atoms with Crippen LogP contribution in [0.3, 0.4) is 0 Å². The molecule has 2 heterocycles. The molecule has 0 radical (unpaired) electrons. The van der Waals surface area contributed by atoms with E-state index in [4.69, 9.17) is 9.47 Å². The van der Waals surface area contributed by atoms with Gasteiger partial charge < -0.3 is 9.47 Å². The van der Waals surface area contributed by atoms with Gasteiger partial charge in [0.05, 0.1) is 25.1 Å². The zero-order valence-electron chi connectivity index (χ0n) is 18.5. The van der Waals surface area contributed by atoms with Gasteiger partial charge in [0.25, 0.3) is 0 Å². The van der Waals surface area contributed by atoms with Crippen molar-refractivity contribution in [3.63, 3.8) is 0 Å². The van der Waals surface area contributed by atoms with E-state index in [0.29, 0.717) is 18.7 Å². The van der Waals surface area contributed by atoms with Crippen LogP contribution in [-0.4, -0.2) is 29.4 Å². The first-order valence-electron chi connectivity index (χ1n) is 10.6. The number of rotatable bonds is 5. The molecule has 0 amide bonds. The molecule has 0 saturated carbocycles. The Morgan fingerprint density at radius 1 is 1.27 bits per heavy atom. The van der Waals surface area contributed by atoms with Crippen molar-refractivity contribution >= 4 is 5.97 Å². The minimum Gasteiger partial charge on any atom is -0.493 e. The van der Waals surface area contributed by atoms with Crippen LogP contribution in [0.4, 0.5) is 0 Å². The number of esters is 1. The van der Waals surface area contributed by atoms with Crippen molar-refractivity contribution in [2.24, 2.45) is 0 Å². The van der Waals surface area contributed by atoms with Crippen molar-refractivity contribution in [3.8, 4) is 17.6 Å². The van der Waals surface area contributed by atoms with Gasteiger partial charge in [0.2, 0.25) is 0 Å². The van der Waals surface area contributed by atoms with E-state index in [1.54, 1.807) is 6.20 Å². The molecule has 0 N–H and O–H groups in total. The summed E-state index contributed by atoms with van der Waals surface area (Å²) in [7, 11) is 0. The molecule has 0 fully saturated rings. The molecule has 5 heteroatoms. The first kappa shape index (κ1) is 21.8. The molecule has 1 aliphatic rings. The van der Waals surface area contributed by atoms with Gasteiger partial charge >= 0.3 is 5.97 Å². The molecule has 0 saturated heterocycles. The molecule has 1 aromatic heterocycles. The predicted octanol–water partition coefficient (Wildman–Crippen LogP) is 4.69. The number of benzene rings is 1. The summed E-state index contributed by atoms with van der Waals surface area (Å²) in [5.74, 6) is 6.77. The third-order valence-electron chi connectivity index (χ3n) is 5.56. The van der Waals surface area contributed by atoms with E-state index >= 15 is 0 Å². The summed E-state index contributed by atoms with van der Waals surface area (Å²) >= 11 is 0. The first-order chi connectivity index (χ1) is 14.4. The monoisotopic (exact) mass is 406 g/mol. The minimum atomic E-state index is -0.410. The van der Waals surface area contributed by atoms with Crippen LogP contribution in [0.5, 0.6) is 5.75 Å². The highest BCUT2D eigenvalue weighted by atomic mass is 16.5. The van der Waals surface area contributed by atoms with Gasteiger partial charge in [-0.05, 0) is 55.9 Å². The van der Waals surface area contributed by atoms with E-state index < -0.39 is 5.92 Å². The Kier molecular flexibility index (Phi) is 6.77. The summed E-state index contributed by atoms with van der Waals surface area (Å²) in [6, 6.07) is 6.07. The largest absolute Gasteiger partial charge is 0.493 e. The molecule has 1 atom stereocenters. The lowest BCUT2D eigenvalue weighted by Gasteiger charge is -2.33. The van der Waals surface area contributed by atoms with Gasteiger partial charge in [-0.1, -0.05) is 39.0 Å². The molecule has 1 unspecified atom stereocenters. The summed E-state index contributed by atoms with van der Waals surface area (Å²) < 4.78 is 11.1. The summed E-state index contributed by atoms with van der Waals surface area (Å²) in [6.45, 7) is 11.5. The SMILES string of the molecule is CCCC(C(=O)OCC)c1cc(C#Cc2cc3c(cc2C)OCCC3(C)C)cnn1. The topological polar surface area (TPSA) is 61.3 Å². The molecule has 1 aliphatic heterocycles. The standard InChI is InChI=1S/C25H30N2O3/c1-6-8-20(24(28)29-7-2)22-14-18(16-26-27-22)9-10-19-15-21-23(13-17(19)3)30-12-11-25(21,4)5/h13-16,20H,6-8,11-12H2,1-5H3. The molecule has 3 rings (SSSR count). The molecule has 0 aliphatic carbocycles. The Morgan fingerprint density at radius 3 is 2.80 bits per heavy atom. The highest BCUT2D eigenvalue weighted by Crippen LogP contribution is 2.39. The molecule has 2 aromatic rings. The van der Waals surface area contributed by atoms with Gasteiger partial charge in [0.1, 0.15) is 11.7 Å². The van der Waals surface area contributed by atoms with Crippen molar-refractivity contribution in [2.75, 3.05) is 13.2 Å². The van der Waals surface area contributed by atoms with Crippen LogP contribution in [0.1, 0.15) is 80.8 Å². The van der Waals surface area contributed by atoms with E-state index in [1.165, 1.54) is 5.56 Å². The van der Waals surface area contributed by atoms with E-state index in [9.17, 15) is 4.79 Å². The van der Waals surface area contributed by atoms with Gasteiger partial charge in [-0.2, -0.15) is 10.2 Å². The van der Waals surface area contributed by atoms with E-state index in [-0.39, 0.29) is 11.4 Å². The third kappa shape index (κ3) is 4.81. The molecule has 5 nitrogen and oxygen atoms in total.